The van der Waals surface area contributed by atoms with Crippen LogP contribution >= 0.6 is 12.4 Å². The van der Waals surface area contributed by atoms with Gasteiger partial charge in [0.15, 0.2) is 0 Å². The van der Waals surface area contributed by atoms with Gasteiger partial charge in [-0.15, -0.1) is 12.4 Å². The van der Waals surface area contributed by atoms with E-state index >= 15 is 0 Å². The van der Waals surface area contributed by atoms with E-state index in [1.54, 1.807) is 0 Å². The number of aryl methyl sites for hydroxylation is 1. The van der Waals surface area contributed by atoms with Gasteiger partial charge in [-0.2, -0.15) is 0 Å². The molecule has 0 spiro atoms. The molecule has 1 aliphatic heterocycles. The van der Waals surface area contributed by atoms with E-state index in [2.05, 4.69) is 36.6 Å². The predicted octanol–water partition coefficient (Wildman–Crippen LogP) is 3.31. The zero-order valence-electron chi connectivity index (χ0n) is 15.1. The Kier molecular flexibility index (Phi) is 6.85. The number of rotatable bonds is 5. The lowest BCUT2D eigenvalue weighted by Crippen LogP contribution is -2.47. The van der Waals surface area contributed by atoms with Crippen molar-refractivity contribution >= 4 is 29.3 Å². The number of carbonyl (C=O) groups is 1. The zero-order chi connectivity index (χ0) is 17.1. The van der Waals surface area contributed by atoms with Gasteiger partial charge in [0.2, 0.25) is 5.91 Å². The van der Waals surface area contributed by atoms with Gasteiger partial charge in [-0.3, -0.25) is 4.79 Å². The summed E-state index contributed by atoms with van der Waals surface area (Å²) in [6.07, 6.45) is 4.58. The number of hydrogen-bond donors (Lipinski definition) is 1. The second-order valence-corrected chi connectivity index (χ2v) is 6.69. The molecule has 1 fully saturated rings. The van der Waals surface area contributed by atoms with Gasteiger partial charge in [-0.25, -0.2) is 4.98 Å². The molecule has 5 nitrogen and oxygen atoms in total. The van der Waals surface area contributed by atoms with Crippen molar-refractivity contribution in [3.8, 4) is 0 Å². The number of para-hydroxylation sites is 2. The van der Waals surface area contributed by atoms with E-state index in [9.17, 15) is 4.79 Å². The molecule has 0 aliphatic carbocycles. The second-order valence-electron chi connectivity index (χ2n) is 6.69. The van der Waals surface area contributed by atoms with Crippen molar-refractivity contribution in [2.24, 2.45) is 5.73 Å². The highest BCUT2D eigenvalue weighted by Gasteiger charge is 2.28. The van der Waals surface area contributed by atoms with Crippen molar-refractivity contribution < 1.29 is 4.79 Å². The molecule has 1 atom stereocenters. The monoisotopic (exact) mass is 364 g/mol. The third-order valence-electron chi connectivity index (χ3n) is 5.04. The van der Waals surface area contributed by atoms with Crippen LogP contribution in [-0.4, -0.2) is 39.5 Å². The van der Waals surface area contributed by atoms with Crippen molar-refractivity contribution in [2.75, 3.05) is 13.1 Å². The van der Waals surface area contributed by atoms with Gasteiger partial charge in [0.1, 0.15) is 5.82 Å². The Labute approximate surface area is 156 Å². The van der Waals surface area contributed by atoms with Gasteiger partial charge < -0.3 is 15.2 Å². The fourth-order valence-corrected chi connectivity index (χ4v) is 3.76. The Morgan fingerprint density at radius 1 is 1.28 bits per heavy atom. The number of hydrogen-bond acceptors (Lipinski definition) is 3. The SMILES string of the molecule is CCCC(N)C(=O)N1CCC(n2c(CC)nc3ccccc32)CC1.Cl. The van der Waals surface area contributed by atoms with Crippen LogP contribution in [0.3, 0.4) is 0 Å². The van der Waals surface area contributed by atoms with Crippen molar-refractivity contribution in [2.45, 2.75) is 58.0 Å². The lowest BCUT2D eigenvalue weighted by molar-refractivity contribution is -0.134. The molecule has 25 heavy (non-hydrogen) atoms. The molecule has 1 unspecified atom stereocenters. The Morgan fingerprint density at radius 2 is 1.96 bits per heavy atom. The summed E-state index contributed by atoms with van der Waals surface area (Å²) in [5.74, 6) is 1.25. The van der Waals surface area contributed by atoms with Gasteiger partial charge >= 0.3 is 0 Å². The number of fused-ring (bicyclic) bond motifs is 1. The standard InChI is InChI=1S/C19H28N4O.ClH/c1-3-7-15(20)19(24)22-12-10-14(11-13-22)23-17-9-6-5-8-16(17)21-18(23)4-2;/h5-6,8-9,14-15H,3-4,7,10-13,20H2,1-2H3;1H. The van der Waals surface area contributed by atoms with E-state index < -0.39 is 0 Å². The van der Waals surface area contributed by atoms with Crippen LogP contribution in [-0.2, 0) is 11.2 Å². The van der Waals surface area contributed by atoms with Crippen LogP contribution in [0.4, 0.5) is 0 Å². The van der Waals surface area contributed by atoms with Crippen LogP contribution in [0, 0.1) is 0 Å². The molecular formula is C19H29ClN4O. The number of nitrogens with two attached hydrogens (primary N) is 1. The number of aromatic nitrogens is 2. The average molecular weight is 365 g/mol. The fourth-order valence-electron chi connectivity index (χ4n) is 3.76. The molecule has 3 rings (SSSR count). The summed E-state index contributed by atoms with van der Waals surface area (Å²) >= 11 is 0. The van der Waals surface area contributed by atoms with E-state index in [0.717, 1.165) is 56.5 Å². The number of carbonyl (C=O) groups excluding carboxylic acids is 1. The van der Waals surface area contributed by atoms with Crippen LogP contribution in [0.25, 0.3) is 11.0 Å². The van der Waals surface area contributed by atoms with Gasteiger partial charge in [0, 0.05) is 25.6 Å². The van der Waals surface area contributed by atoms with Gasteiger partial charge in [-0.1, -0.05) is 32.4 Å². The van der Waals surface area contributed by atoms with Crippen molar-refractivity contribution in [1.29, 1.82) is 0 Å². The van der Waals surface area contributed by atoms with E-state index in [4.69, 9.17) is 10.7 Å². The summed E-state index contributed by atoms with van der Waals surface area (Å²) < 4.78 is 2.39. The molecule has 138 valence electrons. The first kappa shape index (κ1) is 19.7. The van der Waals surface area contributed by atoms with E-state index in [1.165, 1.54) is 5.52 Å². The minimum absolute atomic E-state index is 0. The Hall–Kier alpha value is -1.59. The van der Waals surface area contributed by atoms with Crippen LogP contribution in [0.5, 0.6) is 0 Å². The second kappa shape index (κ2) is 8.68. The number of benzene rings is 1. The summed E-state index contributed by atoms with van der Waals surface area (Å²) in [5.41, 5.74) is 8.28. The molecule has 0 radical (unpaired) electrons. The largest absolute Gasteiger partial charge is 0.341 e. The minimum Gasteiger partial charge on any atom is -0.341 e. The van der Waals surface area contributed by atoms with Crippen LogP contribution in [0.2, 0.25) is 0 Å². The van der Waals surface area contributed by atoms with Crippen LogP contribution in [0.1, 0.15) is 51.4 Å². The lowest BCUT2D eigenvalue weighted by atomic mass is 10.0. The first-order valence-corrected chi connectivity index (χ1v) is 9.15. The van der Waals surface area contributed by atoms with E-state index in [0.29, 0.717) is 6.04 Å². The maximum Gasteiger partial charge on any atom is 0.239 e. The van der Waals surface area contributed by atoms with E-state index in [-0.39, 0.29) is 24.4 Å². The molecule has 1 saturated heterocycles. The summed E-state index contributed by atoms with van der Waals surface area (Å²) in [5, 5.41) is 0. The fraction of sp³-hybridized carbons (Fsp3) is 0.579. The molecule has 2 heterocycles. The molecule has 2 aromatic rings. The third-order valence-corrected chi connectivity index (χ3v) is 5.04. The minimum atomic E-state index is -0.341. The molecule has 1 aromatic heterocycles. The Morgan fingerprint density at radius 3 is 2.60 bits per heavy atom. The van der Waals surface area contributed by atoms with Crippen LogP contribution < -0.4 is 5.73 Å². The van der Waals surface area contributed by atoms with Gasteiger partial charge in [0.05, 0.1) is 17.1 Å². The van der Waals surface area contributed by atoms with Gasteiger partial charge in [-0.05, 0) is 31.4 Å². The van der Waals surface area contributed by atoms with Crippen molar-refractivity contribution in [3.63, 3.8) is 0 Å². The quantitative estimate of drug-likeness (QED) is 0.885. The number of piperidine rings is 1. The highest BCUT2D eigenvalue weighted by Crippen LogP contribution is 2.29. The molecule has 1 amide bonds. The number of nitrogens with zero attached hydrogens (tertiary/aromatic N) is 3. The number of likely N-dealkylation sites (tertiary alicyclic amines) is 1. The van der Waals surface area contributed by atoms with Crippen LogP contribution in [0.15, 0.2) is 24.3 Å². The predicted molar refractivity (Wildman–Crippen MR) is 104 cm³/mol. The highest BCUT2D eigenvalue weighted by molar-refractivity contribution is 5.85. The lowest BCUT2D eigenvalue weighted by Gasteiger charge is -2.35. The maximum atomic E-state index is 12.4. The smallest absolute Gasteiger partial charge is 0.239 e. The number of imidazole rings is 1. The molecule has 0 saturated carbocycles. The highest BCUT2D eigenvalue weighted by atomic mass is 35.5. The maximum absolute atomic E-state index is 12.4. The number of amides is 1. The Balaban J connectivity index is 0.00000225. The molecular weight excluding hydrogens is 336 g/mol. The summed E-state index contributed by atoms with van der Waals surface area (Å²) in [7, 11) is 0. The first-order valence-electron chi connectivity index (χ1n) is 9.15. The molecule has 0 bridgehead atoms. The normalized spacial score (nSPS) is 16.7. The molecule has 1 aromatic carbocycles. The first-order chi connectivity index (χ1) is 11.7. The topological polar surface area (TPSA) is 64.2 Å². The average Bonchev–Trinajstić information content (AvgIpc) is 3.00. The van der Waals surface area contributed by atoms with Crippen molar-refractivity contribution in [1.82, 2.24) is 14.5 Å². The van der Waals surface area contributed by atoms with Gasteiger partial charge in [0.25, 0.3) is 0 Å². The summed E-state index contributed by atoms with van der Waals surface area (Å²) in [6.45, 7) is 5.79. The molecule has 6 heteroatoms. The summed E-state index contributed by atoms with van der Waals surface area (Å²) in [4.78, 5) is 19.1. The summed E-state index contributed by atoms with van der Waals surface area (Å²) in [6, 6.07) is 8.41. The molecule has 2 N–H and O–H groups in total. The zero-order valence-corrected chi connectivity index (χ0v) is 16.0. The number of halogens is 1. The van der Waals surface area contributed by atoms with E-state index in [1.807, 2.05) is 11.0 Å². The third kappa shape index (κ3) is 3.98. The Bertz CT molecular complexity index is 707. The molecule has 1 aliphatic rings. The van der Waals surface area contributed by atoms with Crippen molar-refractivity contribution in [3.05, 3.63) is 30.1 Å².